The van der Waals surface area contributed by atoms with Gasteiger partial charge in [0.25, 0.3) is 11.8 Å². The summed E-state index contributed by atoms with van der Waals surface area (Å²) >= 11 is 0. The molecule has 2 heterocycles. The second-order valence-corrected chi connectivity index (χ2v) is 9.62. The first-order chi connectivity index (χ1) is 17.2. The van der Waals surface area contributed by atoms with Gasteiger partial charge in [0, 0.05) is 43.6 Å². The predicted molar refractivity (Wildman–Crippen MR) is 131 cm³/mol. The van der Waals surface area contributed by atoms with Crippen molar-refractivity contribution < 1.29 is 28.2 Å². The van der Waals surface area contributed by atoms with Gasteiger partial charge in [0.05, 0.1) is 13.7 Å². The number of rotatable bonds is 6. The summed E-state index contributed by atoms with van der Waals surface area (Å²) in [7, 11) is 1.55. The van der Waals surface area contributed by atoms with Crippen molar-refractivity contribution in [2.24, 2.45) is 5.92 Å². The number of nitrogens with zero attached hydrogens (tertiary/aromatic N) is 2. The van der Waals surface area contributed by atoms with E-state index in [4.69, 9.17) is 9.47 Å². The van der Waals surface area contributed by atoms with E-state index in [1.807, 2.05) is 13.8 Å². The van der Waals surface area contributed by atoms with Crippen molar-refractivity contribution in [3.8, 4) is 5.75 Å². The van der Waals surface area contributed by atoms with Crippen LogP contribution in [-0.2, 0) is 9.53 Å². The Hall–Kier alpha value is -3.46. The molecule has 2 aromatic rings. The van der Waals surface area contributed by atoms with E-state index >= 15 is 0 Å². The third-order valence-corrected chi connectivity index (χ3v) is 6.71. The van der Waals surface area contributed by atoms with Gasteiger partial charge in [-0.05, 0) is 48.4 Å². The van der Waals surface area contributed by atoms with E-state index in [9.17, 15) is 18.8 Å². The number of hydrogen-bond acceptors (Lipinski definition) is 5. The van der Waals surface area contributed by atoms with Gasteiger partial charge in [0.1, 0.15) is 23.3 Å². The number of carbonyl (C=O) groups is 3. The number of likely N-dealkylation sites (tertiary alicyclic amines) is 1. The maximum atomic E-state index is 13.6. The number of carbonyl (C=O) groups excluding carboxylic acids is 3. The molecule has 2 aliphatic heterocycles. The first-order valence-electron chi connectivity index (χ1n) is 12.2. The van der Waals surface area contributed by atoms with Crippen molar-refractivity contribution in [1.29, 1.82) is 0 Å². The highest BCUT2D eigenvalue weighted by Crippen LogP contribution is 2.39. The molecule has 0 bridgehead atoms. The van der Waals surface area contributed by atoms with Gasteiger partial charge >= 0.3 is 0 Å². The van der Waals surface area contributed by atoms with Crippen LogP contribution in [0.2, 0.25) is 0 Å². The summed E-state index contributed by atoms with van der Waals surface area (Å²) in [6.07, 6.45) is 0.702. The lowest BCUT2D eigenvalue weighted by Crippen LogP contribution is -2.60. The molecule has 1 N–H and O–H groups in total. The van der Waals surface area contributed by atoms with Crippen LogP contribution in [0.15, 0.2) is 48.5 Å². The fourth-order valence-electron chi connectivity index (χ4n) is 4.72. The molecule has 0 saturated carbocycles. The summed E-state index contributed by atoms with van der Waals surface area (Å²) in [6, 6.07) is 11.4. The lowest BCUT2D eigenvalue weighted by molar-refractivity contribution is -0.128. The smallest absolute Gasteiger partial charge is 0.256 e. The van der Waals surface area contributed by atoms with Gasteiger partial charge in [-0.25, -0.2) is 4.39 Å². The fraction of sp³-hybridized carbons (Fsp3) is 0.444. The van der Waals surface area contributed by atoms with Gasteiger partial charge in [0.2, 0.25) is 5.91 Å². The number of piperidine rings is 1. The largest absolute Gasteiger partial charge is 0.497 e. The molecule has 0 aromatic heterocycles. The summed E-state index contributed by atoms with van der Waals surface area (Å²) in [5.74, 6) is -0.424. The van der Waals surface area contributed by atoms with Crippen molar-refractivity contribution in [2.45, 2.75) is 38.5 Å². The average molecular weight is 498 g/mol. The number of hydrogen-bond donors (Lipinski definition) is 1. The lowest BCUT2D eigenvalue weighted by atomic mass is 9.96. The molecule has 3 amide bonds. The van der Waals surface area contributed by atoms with Crippen LogP contribution in [0.5, 0.6) is 5.75 Å². The topological polar surface area (TPSA) is 88.2 Å². The minimum absolute atomic E-state index is 0.0562. The lowest BCUT2D eigenvalue weighted by Gasteiger charge is -2.44. The highest BCUT2D eigenvalue weighted by Gasteiger charge is 2.54. The number of methoxy groups -OCH3 is 1. The number of ether oxygens (including phenoxy) is 2. The quantitative estimate of drug-likeness (QED) is 0.663. The predicted octanol–water partition coefficient (Wildman–Crippen LogP) is 3.08. The second-order valence-electron chi connectivity index (χ2n) is 9.62. The second kappa shape index (κ2) is 10.7. The summed E-state index contributed by atoms with van der Waals surface area (Å²) in [6.45, 7) is 5.21. The molecule has 1 spiro atoms. The monoisotopic (exact) mass is 497 g/mol. The molecule has 1 atom stereocenters. The molecule has 36 heavy (non-hydrogen) atoms. The third-order valence-electron chi connectivity index (χ3n) is 6.71. The van der Waals surface area contributed by atoms with Crippen LogP contribution in [0.1, 0.15) is 47.4 Å². The van der Waals surface area contributed by atoms with E-state index in [0.717, 1.165) is 0 Å². The molecule has 192 valence electrons. The Kier molecular flexibility index (Phi) is 7.59. The first-order valence-corrected chi connectivity index (χ1v) is 12.2. The minimum atomic E-state index is -1.03. The van der Waals surface area contributed by atoms with Gasteiger partial charge in [-0.2, -0.15) is 0 Å². The van der Waals surface area contributed by atoms with Crippen LogP contribution >= 0.6 is 0 Å². The summed E-state index contributed by atoms with van der Waals surface area (Å²) < 4.78 is 24.9. The highest BCUT2D eigenvalue weighted by molar-refractivity contribution is 5.98. The van der Waals surface area contributed by atoms with E-state index in [1.165, 1.54) is 29.2 Å². The van der Waals surface area contributed by atoms with Crippen molar-refractivity contribution >= 4 is 17.7 Å². The molecule has 0 aliphatic carbocycles. The van der Waals surface area contributed by atoms with Crippen LogP contribution in [0, 0.1) is 11.7 Å². The summed E-state index contributed by atoms with van der Waals surface area (Å²) in [4.78, 5) is 43.0. The van der Waals surface area contributed by atoms with Gasteiger partial charge in [-0.15, -0.1) is 0 Å². The van der Waals surface area contributed by atoms with Crippen molar-refractivity contribution in [2.75, 3.05) is 33.4 Å². The van der Waals surface area contributed by atoms with Crippen LogP contribution in [0.3, 0.4) is 0 Å². The normalized spacial score (nSPS) is 19.0. The Morgan fingerprint density at radius 3 is 2.42 bits per heavy atom. The molecular formula is C27H32FN3O5. The Morgan fingerprint density at radius 1 is 1.08 bits per heavy atom. The van der Waals surface area contributed by atoms with Gasteiger partial charge in [0.15, 0.2) is 0 Å². The van der Waals surface area contributed by atoms with Gasteiger partial charge in [-0.3, -0.25) is 19.3 Å². The number of amides is 3. The Labute approximate surface area is 210 Å². The SMILES string of the molecule is COc1cccc(C(=O)N2CCC3(CC2)OC[C@H](C(=O)NCC(C)C)N3C(=O)c2ccc(F)cc2)c1. The van der Waals surface area contributed by atoms with Crippen molar-refractivity contribution in [3.63, 3.8) is 0 Å². The molecule has 4 rings (SSSR count). The van der Waals surface area contributed by atoms with E-state index in [-0.39, 0.29) is 29.9 Å². The molecule has 2 fully saturated rings. The first kappa shape index (κ1) is 25.6. The number of halogens is 1. The van der Waals surface area contributed by atoms with Crippen molar-refractivity contribution in [3.05, 3.63) is 65.5 Å². The van der Waals surface area contributed by atoms with E-state index in [0.29, 0.717) is 43.8 Å². The molecule has 9 heteroatoms. The van der Waals surface area contributed by atoms with Gasteiger partial charge in [-0.1, -0.05) is 19.9 Å². The van der Waals surface area contributed by atoms with Crippen LogP contribution < -0.4 is 10.1 Å². The molecule has 2 saturated heterocycles. The van der Waals surface area contributed by atoms with Crippen molar-refractivity contribution in [1.82, 2.24) is 15.1 Å². The molecular weight excluding hydrogens is 465 g/mol. The van der Waals surface area contributed by atoms with Crippen LogP contribution in [0.4, 0.5) is 4.39 Å². The summed E-state index contributed by atoms with van der Waals surface area (Å²) in [5.41, 5.74) is -0.239. The molecule has 8 nitrogen and oxygen atoms in total. The Morgan fingerprint density at radius 2 is 1.78 bits per heavy atom. The van der Waals surface area contributed by atoms with Crippen LogP contribution in [-0.4, -0.2) is 72.6 Å². The zero-order valence-corrected chi connectivity index (χ0v) is 20.8. The summed E-state index contributed by atoms with van der Waals surface area (Å²) in [5, 5.41) is 2.90. The Bertz CT molecular complexity index is 1110. The molecule has 0 radical (unpaired) electrons. The molecule has 0 unspecified atom stereocenters. The van der Waals surface area contributed by atoms with Gasteiger partial charge < -0.3 is 19.7 Å². The Balaban J connectivity index is 1.55. The highest BCUT2D eigenvalue weighted by atomic mass is 19.1. The molecule has 2 aromatic carbocycles. The minimum Gasteiger partial charge on any atom is -0.497 e. The van der Waals surface area contributed by atoms with E-state index in [1.54, 1.807) is 36.3 Å². The fourth-order valence-corrected chi connectivity index (χ4v) is 4.72. The number of benzene rings is 2. The average Bonchev–Trinajstić information content (AvgIpc) is 3.25. The maximum absolute atomic E-state index is 13.6. The van der Waals surface area contributed by atoms with E-state index in [2.05, 4.69) is 5.32 Å². The number of nitrogens with one attached hydrogen (secondary N) is 1. The molecule has 2 aliphatic rings. The zero-order valence-electron chi connectivity index (χ0n) is 20.8. The standard InChI is InChI=1S/C27H32FN3O5/c1-18(2)16-29-24(32)23-17-36-27(31(23)26(34)19-7-9-21(28)10-8-19)11-13-30(14-12-27)25(33)20-5-4-6-22(15-20)35-3/h4-10,15,18,23H,11-14,16-17H2,1-3H3,(H,29,32)/t23-/m1/s1. The van der Waals surface area contributed by atoms with E-state index < -0.39 is 23.5 Å². The maximum Gasteiger partial charge on any atom is 0.256 e. The third kappa shape index (κ3) is 5.21. The van der Waals surface area contributed by atoms with Crippen LogP contribution in [0.25, 0.3) is 0 Å². The zero-order chi connectivity index (χ0) is 25.9.